The Balaban J connectivity index is 2.01. The zero-order valence-corrected chi connectivity index (χ0v) is 10.7. The van der Waals surface area contributed by atoms with Gasteiger partial charge in [-0.2, -0.15) is 0 Å². The van der Waals surface area contributed by atoms with Crippen molar-refractivity contribution in [1.29, 1.82) is 0 Å². The van der Waals surface area contributed by atoms with Crippen molar-refractivity contribution in [3.8, 4) is 0 Å². The monoisotopic (exact) mass is 287 g/mol. The van der Waals surface area contributed by atoms with Gasteiger partial charge in [0.1, 0.15) is 5.82 Å². The van der Waals surface area contributed by atoms with Crippen molar-refractivity contribution in [2.45, 2.75) is 13.0 Å². The predicted octanol–water partition coefficient (Wildman–Crippen LogP) is 2.81. The maximum Gasteiger partial charge on any atom is 0.128 e. The number of nitrogens with zero attached hydrogens (tertiary/aromatic N) is 1. The first-order chi connectivity index (χ1) is 7.75. The van der Waals surface area contributed by atoms with Gasteiger partial charge in [-0.15, -0.1) is 0 Å². The minimum atomic E-state index is -0.139. The fourth-order valence-corrected chi connectivity index (χ4v) is 2.18. The molecule has 16 heavy (non-hydrogen) atoms. The van der Waals surface area contributed by atoms with Gasteiger partial charge in [-0.1, -0.05) is 22.0 Å². The van der Waals surface area contributed by atoms with Crippen molar-refractivity contribution >= 4 is 15.9 Å². The van der Waals surface area contributed by atoms with Gasteiger partial charge in [-0.05, 0) is 18.6 Å². The van der Waals surface area contributed by atoms with Crippen LogP contribution < -0.4 is 0 Å². The first-order valence-electron chi connectivity index (χ1n) is 5.50. The second kappa shape index (κ2) is 5.75. The number of hydrogen-bond donors (Lipinski definition) is 0. The number of halogens is 2. The van der Waals surface area contributed by atoms with E-state index in [9.17, 15) is 4.39 Å². The summed E-state index contributed by atoms with van der Waals surface area (Å²) in [4.78, 5) is 2.24. The Kier molecular flexibility index (Phi) is 4.32. The second-order valence-corrected chi connectivity index (χ2v) is 4.89. The molecule has 0 aromatic heterocycles. The Bertz CT molecular complexity index is 351. The summed E-state index contributed by atoms with van der Waals surface area (Å²) in [7, 11) is 0. The van der Waals surface area contributed by atoms with Crippen LogP contribution in [0.5, 0.6) is 0 Å². The zero-order valence-electron chi connectivity index (χ0n) is 9.09. The fourth-order valence-electron chi connectivity index (χ4n) is 1.85. The summed E-state index contributed by atoms with van der Waals surface area (Å²) in [6.45, 7) is 4.10. The average molecular weight is 288 g/mol. The number of rotatable bonds is 2. The van der Waals surface area contributed by atoms with Crippen LogP contribution in [0, 0.1) is 5.82 Å². The van der Waals surface area contributed by atoms with Crippen LogP contribution >= 0.6 is 15.9 Å². The molecule has 88 valence electrons. The van der Waals surface area contributed by atoms with Crippen LogP contribution in [-0.2, 0) is 11.3 Å². The second-order valence-electron chi connectivity index (χ2n) is 3.98. The van der Waals surface area contributed by atoms with Gasteiger partial charge in [-0.3, -0.25) is 4.90 Å². The van der Waals surface area contributed by atoms with Crippen LogP contribution in [0.4, 0.5) is 4.39 Å². The van der Waals surface area contributed by atoms with Gasteiger partial charge in [0.05, 0.1) is 6.61 Å². The van der Waals surface area contributed by atoms with Crippen molar-refractivity contribution < 1.29 is 9.13 Å². The van der Waals surface area contributed by atoms with E-state index in [-0.39, 0.29) is 5.82 Å². The van der Waals surface area contributed by atoms with Crippen LogP contribution in [0.2, 0.25) is 0 Å². The highest BCUT2D eigenvalue weighted by Crippen LogP contribution is 2.17. The molecule has 0 unspecified atom stereocenters. The fraction of sp³-hybridized carbons (Fsp3) is 0.500. The molecule has 0 radical (unpaired) electrons. The highest BCUT2D eigenvalue weighted by Gasteiger charge is 2.11. The molecular weight excluding hydrogens is 273 g/mol. The Hall–Kier alpha value is -0.450. The lowest BCUT2D eigenvalue weighted by Crippen LogP contribution is -2.26. The Morgan fingerprint density at radius 1 is 1.31 bits per heavy atom. The highest BCUT2D eigenvalue weighted by atomic mass is 79.9. The molecule has 0 amide bonds. The van der Waals surface area contributed by atoms with Crippen molar-refractivity contribution in [2.75, 3.05) is 26.3 Å². The first-order valence-corrected chi connectivity index (χ1v) is 6.29. The lowest BCUT2D eigenvalue weighted by atomic mass is 10.2. The van der Waals surface area contributed by atoms with Crippen LogP contribution in [0.15, 0.2) is 22.7 Å². The maximum atomic E-state index is 13.6. The third-order valence-electron chi connectivity index (χ3n) is 2.72. The van der Waals surface area contributed by atoms with E-state index in [4.69, 9.17) is 4.74 Å². The molecule has 0 aliphatic carbocycles. The Labute approximate surface area is 104 Å². The lowest BCUT2D eigenvalue weighted by Gasteiger charge is -2.19. The summed E-state index contributed by atoms with van der Waals surface area (Å²) in [5, 5.41) is 0. The Morgan fingerprint density at radius 2 is 2.19 bits per heavy atom. The van der Waals surface area contributed by atoms with Crippen molar-refractivity contribution in [2.24, 2.45) is 0 Å². The molecule has 0 N–H and O–H groups in total. The summed E-state index contributed by atoms with van der Waals surface area (Å²) >= 11 is 3.26. The highest BCUT2D eigenvalue weighted by molar-refractivity contribution is 9.10. The van der Waals surface area contributed by atoms with Gasteiger partial charge in [0, 0.05) is 36.3 Å². The molecular formula is C12H15BrFNO. The van der Waals surface area contributed by atoms with Gasteiger partial charge in [-0.25, -0.2) is 4.39 Å². The molecule has 0 saturated carbocycles. The molecule has 1 aliphatic rings. The smallest absolute Gasteiger partial charge is 0.128 e. The molecule has 0 bridgehead atoms. The summed E-state index contributed by atoms with van der Waals surface area (Å²) in [5.41, 5.74) is 0.755. The maximum absolute atomic E-state index is 13.6. The molecule has 4 heteroatoms. The quantitative estimate of drug-likeness (QED) is 0.829. The lowest BCUT2D eigenvalue weighted by molar-refractivity contribution is 0.140. The minimum absolute atomic E-state index is 0.139. The molecule has 0 atom stereocenters. The average Bonchev–Trinajstić information content (AvgIpc) is 2.51. The van der Waals surface area contributed by atoms with Gasteiger partial charge in [0.2, 0.25) is 0 Å². The van der Waals surface area contributed by atoms with Crippen molar-refractivity contribution in [3.05, 3.63) is 34.1 Å². The minimum Gasteiger partial charge on any atom is -0.380 e. The number of hydrogen-bond acceptors (Lipinski definition) is 2. The number of benzene rings is 1. The summed E-state index contributed by atoms with van der Waals surface area (Å²) < 4.78 is 19.8. The molecule has 1 fully saturated rings. The number of ether oxygens (including phenoxy) is 1. The molecule has 1 aromatic carbocycles. The van der Waals surface area contributed by atoms with E-state index in [0.717, 1.165) is 42.8 Å². The summed E-state index contributed by atoms with van der Waals surface area (Å²) in [5.74, 6) is -0.139. The molecule has 1 heterocycles. The van der Waals surface area contributed by atoms with E-state index >= 15 is 0 Å². The van der Waals surface area contributed by atoms with Crippen molar-refractivity contribution in [3.63, 3.8) is 0 Å². The summed E-state index contributed by atoms with van der Waals surface area (Å²) in [6.07, 6.45) is 1.03. The third kappa shape index (κ3) is 3.27. The third-order valence-corrected chi connectivity index (χ3v) is 3.22. The van der Waals surface area contributed by atoms with Crippen LogP contribution in [-0.4, -0.2) is 31.2 Å². The largest absolute Gasteiger partial charge is 0.380 e. The van der Waals surface area contributed by atoms with E-state index < -0.39 is 0 Å². The topological polar surface area (TPSA) is 12.5 Å². The molecule has 2 nitrogen and oxygen atoms in total. The SMILES string of the molecule is Fc1cc(Br)ccc1CN1CCCOCC1. The van der Waals surface area contributed by atoms with Crippen LogP contribution in [0.3, 0.4) is 0 Å². The standard InChI is InChI=1S/C12H15BrFNO/c13-11-3-2-10(12(14)8-11)9-15-4-1-6-16-7-5-15/h2-3,8H,1,4-7,9H2. The normalized spacial score (nSPS) is 18.4. The zero-order chi connectivity index (χ0) is 11.4. The summed E-state index contributed by atoms with van der Waals surface area (Å²) in [6, 6.07) is 5.24. The van der Waals surface area contributed by atoms with Crippen LogP contribution in [0.1, 0.15) is 12.0 Å². The molecule has 1 aromatic rings. The first kappa shape index (κ1) is 12.0. The van der Waals surface area contributed by atoms with Crippen molar-refractivity contribution in [1.82, 2.24) is 4.90 Å². The van der Waals surface area contributed by atoms with E-state index in [0.29, 0.717) is 6.54 Å². The molecule has 1 saturated heterocycles. The van der Waals surface area contributed by atoms with Crippen LogP contribution in [0.25, 0.3) is 0 Å². The Morgan fingerprint density at radius 3 is 3.00 bits per heavy atom. The van der Waals surface area contributed by atoms with Gasteiger partial charge < -0.3 is 4.74 Å². The van der Waals surface area contributed by atoms with E-state index in [1.807, 2.05) is 12.1 Å². The van der Waals surface area contributed by atoms with Gasteiger partial charge in [0.25, 0.3) is 0 Å². The van der Waals surface area contributed by atoms with E-state index in [2.05, 4.69) is 20.8 Å². The van der Waals surface area contributed by atoms with E-state index in [1.165, 1.54) is 6.07 Å². The van der Waals surface area contributed by atoms with Gasteiger partial charge in [0.15, 0.2) is 0 Å². The molecule has 2 rings (SSSR count). The van der Waals surface area contributed by atoms with E-state index in [1.54, 1.807) is 0 Å². The molecule has 0 spiro atoms. The predicted molar refractivity (Wildman–Crippen MR) is 64.8 cm³/mol. The van der Waals surface area contributed by atoms with Gasteiger partial charge >= 0.3 is 0 Å². The molecule has 1 aliphatic heterocycles.